The first-order chi connectivity index (χ1) is 10.6. The molecule has 1 aliphatic rings. The number of aromatic nitrogens is 3. The summed E-state index contributed by atoms with van der Waals surface area (Å²) in [4.78, 5) is 12.2. The average Bonchev–Trinajstić information content (AvgIpc) is 2.94. The second-order valence-electron chi connectivity index (χ2n) is 5.49. The van der Waals surface area contributed by atoms with E-state index in [1.54, 1.807) is 24.0 Å². The van der Waals surface area contributed by atoms with Crippen molar-refractivity contribution in [3.63, 3.8) is 0 Å². The number of carbonyl (C=O) groups is 1. The quantitative estimate of drug-likeness (QED) is 0.891. The standard InChI is InChI=1S/C15H18FN5O/c1-21-9-14(19-20-21)10-4-5-12(13(16)7-10)15(22)18-11-3-2-6-17-8-11/h4-5,7,9,11,17H,2-3,6,8H2,1H3,(H,18,22)/t11-/m1/s1. The molecule has 2 aromatic rings. The Morgan fingerprint density at radius 2 is 2.36 bits per heavy atom. The largest absolute Gasteiger partial charge is 0.348 e. The highest BCUT2D eigenvalue weighted by Gasteiger charge is 2.19. The molecule has 3 rings (SSSR count). The Morgan fingerprint density at radius 1 is 1.50 bits per heavy atom. The number of carbonyl (C=O) groups excluding carboxylic acids is 1. The summed E-state index contributed by atoms with van der Waals surface area (Å²) in [6, 6.07) is 4.55. The maximum absolute atomic E-state index is 14.2. The van der Waals surface area contributed by atoms with Gasteiger partial charge in [-0.2, -0.15) is 0 Å². The van der Waals surface area contributed by atoms with E-state index < -0.39 is 5.82 Å². The lowest BCUT2D eigenvalue weighted by Gasteiger charge is -2.23. The molecule has 6 nitrogen and oxygen atoms in total. The van der Waals surface area contributed by atoms with Crippen molar-refractivity contribution < 1.29 is 9.18 Å². The molecule has 1 fully saturated rings. The molecular formula is C15H18FN5O. The molecule has 1 aromatic heterocycles. The van der Waals surface area contributed by atoms with Gasteiger partial charge < -0.3 is 10.6 Å². The van der Waals surface area contributed by atoms with Crippen LogP contribution in [0.2, 0.25) is 0 Å². The lowest BCUT2D eigenvalue weighted by atomic mass is 10.1. The third kappa shape index (κ3) is 3.14. The molecule has 7 heteroatoms. The van der Waals surface area contributed by atoms with E-state index in [1.165, 1.54) is 12.1 Å². The Morgan fingerprint density at radius 3 is 3.00 bits per heavy atom. The van der Waals surface area contributed by atoms with Gasteiger partial charge in [0.2, 0.25) is 0 Å². The molecule has 2 heterocycles. The highest BCUT2D eigenvalue weighted by molar-refractivity contribution is 5.95. The van der Waals surface area contributed by atoms with Crippen LogP contribution in [0.1, 0.15) is 23.2 Å². The van der Waals surface area contributed by atoms with E-state index in [4.69, 9.17) is 0 Å². The van der Waals surface area contributed by atoms with Crippen LogP contribution in [0.4, 0.5) is 4.39 Å². The van der Waals surface area contributed by atoms with E-state index in [-0.39, 0.29) is 17.5 Å². The molecule has 1 aliphatic heterocycles. The first-order valence-electron chi connectivity index (χ1n) is 7.31. The number of rotatable bonds is 3. The number of piperidine rings is 1. The summed E-state index contributed by atoms with van der Waals surface area (Å²) in [6.45, 7) is 1.69. The Hall–Kier alpha value is -2.28. The van der Waals surface area contributed by atoms with Crippen LogP contribution in [0.3, 0.4) is 0 Å². The van der Waals surface area contributed by atoms with Crippen LogP contribution >= 0.6 is 0 Å². The van der Waals surface area contributed by atoms with Gasteiger partial charge >= 0.3 is 0 Å². The normalized spacial score (nSPS) is 18.2. The minimum atomic E-state index is -0.551. The summed E-state index contributed by atoms with van der Waals surface area (Å²) >= 11 is 0. The highest BCUT2D eigenvalue weighted by Crippen LogP contribution is 2.19. The molecule has 0 unspecified atom stereocenters. The Balaban J connectivity index is 1.75. The van der Waals surface area contributed by atoms with Crippen molar-refractivity contribution in [2.75, 3.05) is 13.1 Å². The fraction of sp³-hybridized carbons (Fsp3) is 0.400. The van der Waals surface area contributed by atoms with E-state index in [2.05, 4.69) is 20.9 Å². The molecule has 1 atom stereocenters. The third-order valence-electron chi connectivity index (χ3n) is 3.74. The molecule has 0 bridgehead atoms. The van der Waals surface area contributed by atoms with Crippen molar-refractivity contribution in [2.45, 2.75) is 18.9 Å². The second kappa shape index (κ2) is 6.23. The topological polar surface area (TPSA) is 71.8 Å². The highest BCUT2D eigenvalue weighted by atomic mass is 19.1. The van der Waals surface area contributed by atoms with Crippen LogP contribution in [0.5, 0.6) is 0 Å². The van der Waals surface area contributed by atoms with Gasteiger partial charge in [0, 0.05) is 25.2 Å². The van der Waals surface area contributed by atoms with Gasteiger partial charge in [0.05, 0.1) is 11.8 Å². The predicted octanol–water partition coefficient (Wildman–Crippen LogP) is 1.10. The monoisotopic (exact) mass is 303 g/mol. The summed E-state index contributed by atoms with van der Waals surface area (Å²) in [5.74, 6) is -0.929. The molecule has 1 amide bonds. The lowest BCUT2D eigenvalue weighted by molar-refractivity contribution is 0.0926. The predicted molar refractivity (Wildman–Crippen MR) is 79.8 cm³/mol. The zero-order valence-corrected chi connectivity index (χ0v) is 12.3. The smallest absolute Gasteiger partial charge is 0.254 e. The number of aryl methyl sites for hydroxylation is 1. The average molecular weight is 303 g/mol. The van der Waals surface area contributed by atoms with Crippen molar-refractivity contribution in [1.82, 2.24) is 25.6 Å². The second-order valence-corrected chi connectivity index (χ2v) is 5.49. The van der Waals surface area contributed by atoms with Crippen LogP contribution in [0.15, 0.2) is 24.4 Å². The van der Waals surface area contributed by atoms with E-state index in [0.29, 0.717) is 11.3 Å². The minimum Gasteiger partial charge on any atom is -0.348 e. The Labute approximate surface area is 127 Å². The number of hydrogen-bond acceptors (Lipinski definition) is 4. The molecule has 0 saturated carbocycles. The molecule has 22 heavy (non-hydrogen) atoms. The minimum absolute atomic E-state index is 0.0539. The van der Waals surface area contributed by atoms with Crippen molar-refractivity contribution >= 4 is 5.91 Å². The number of benzene rings is 1. The van der Waals surface area contributed by atoms with Crippen LogP contribution in [-0.4, -0.2) is 40.0 Å². The molecule has 1 aromatic carbocycles. The zero-order valence-electron chi connectivity index (χ0n) is 12.3. The van der Waals surface area contributed by atoms with Gasteiger partial charge in [-0.15, -0.1) is 5.10 Å². The SMILES string of the molecule is Cn1cc(-c2ccc(C(=O)N[C@@H]3CCCNC3)c(F)c2)nn1. The number of nitrogens with one attached hydrogen (secondary N) is 2. The fourth-order valence-corrected chi connectivity index (χ4v) is 2.58. The van der Waals surface area contributed by atoms with Gasteiger partial charge in [0.15, 0.2) is 0 Å². The van der Waals surface area contributed by atoms with Crippen LogP contribution in [-0.2, 0) is 7.05 Å². The maximum Gasteiger partial charge on any atom is 0.254 e. The fourth-order valence-electron chi connectivity index (χ4n) is 2.58. The number of nitrogens with zero attached hydrogens (tertiary/aromatic N) is 3. The summed E-state index contributed by atoms with van der Waals surface area (Å²) < 4.78 is 15.8. The first kappa shape index (κ1) is 14.6. The molecule has 2 N–H and O–H groups in total. The van der Waals surface area contributed by atoms with Gasteiger partial charge in [-0.1, -0.05) is 11.3 Å². The summed E-state index contributed by atoms with van der Waals surface area (Å²) in [5.41, 5.74) is 1.23. The Bertz CT molecular complexity index is 678. The van der Waals surface area contributed by atoms with Crippen LogP contribution < -0.4 is 10.6 Å². The van der Waals surface area contributed by atoms with Crippen molar-refractivity contribution in [3.8, 4) is 11.3 Å². The Kier molecular flexibility index (Phi) is 4.15. The molecule has 0 aliphatic carbocycles. The van der Waals surface area contributed by atoms with E-state index in [0.717, 1.165) is 25.9 Å². The first-order valence-corrected chi connectivity index (χ1v) is 7.31. The molecule has 1 saturated heterocycles. The number of hydrogen-bond donors (Lipinski definition) is 2. The van der Waals surface area contributed by atoms with Crippen molar-refractivity contribution in [1.29, 1.82) is 0 Å². The molecule has 116 valence electrons. The van der Waals surface area contributed by atoms with E-state index in [1.807, 2.05) is 0 Å². The zero-order chi connectivity index (χ0) is 15.5. The summed E-state index contributed by atoms with van der Waals surface area (Å²) in [6.07, 6.45) is 3.62. The summed E-state index contributed by atoms with van der Waals surface area (Å²) in [5, 5.41) is 13.8. The summed E-state index contributed by atoms with van der Waals surface area (Å²) in [7, 11) is 1.74. The molecular weight excluding hydrogens is 285 g/mol. The molecule has 0 spiro atoms. The van der Waals surface area contributed by atoms with E-state index in [9.17, 15) is 9.18 Å². The third-order valence-corrected chi connectivity index (χ3v) is 3.74. The van der Waals surface area contributed by atoms with Crippen molar-refractivity contribution in [3.05, 3.63) is 35.8 Å². The van der Waals surface area contributed by atoms with Gasteiger partial charge in [0.25, 0.3) is 5.91 Å². The van der Waals surface area contributed by atoms with Gasteiger partial charge in [-0.25, -0.2) is 4.39 Å². The maximum atomic E-state index is 14.2. The number of amides is 1. The van der Waals surface area contributed by atoms with Gasteiger partial charge in [0.1, 0.15) is 11.5 Å². The lowest BCUT2D eigenvalue weighted by Crippen LogP contribution is -2.45. The van der Waals surface area contributed by atoms with Crippen LogP contribution in [0, 0.1) is 5.82 Å². The van der Waals surface area contributed by atoms with Gasteiger partial charge in [-0.3, -0.25) is 9.48 Å². The number of halogens is 1. The van der Waals surface area contributed by atoms with E-state index >= 15 is 0 Å². The molecule has 0 radical (unpaired) electrons. The van der Waals surface area contributed by atoms with Crippen molar-refractivity contribution in [2.24, 2.45) is 7.05 Å². The van der Waals surface area contributed by atoms with Crippen LogP contribution in [0.25, 0.3) is 11.3 Å². The van der Waals surface area contributed by atoms with Gasteiger partial charge in [-0.05, 0) is 31.5 Å².